The van der Waals surface area contributed by atoms with Crippen molar-refractivity contribution in [1.29, 1.82) is 0 Å². The number of urea groups is 1. The Bertz CT molecular complexity index is 1600. The van der Waals surface area contributed by atoms with Crippen molar-refractivity contribution < 1.29 is 14.3 Å². The summed E-state index contributed by atoms with van der Waals surface area (Å²) in [5, 5.41) is 2.69. The van der Waals surface area contributed by atoms with Gasteiger partial charge in [0.05, 0.1) is 26.3 Å². The molecular weight excluding hydrogens is 640 g/mol. The fourth-order valence-electron chi connectivity index (χ4n) is 11.6. The zero-order valence-electron chi connectivity index (χ0n) is 31.6. The van der Waals surface area contributed by atoms with Gasteiger partial charge in [-0.15, -0.1) is 0 Å². The number of rotatable bonds is 9. The van der Waals surface area contributed by atoms with Crippen LogP contribution in [0.2, 0.25) is 0 Å². The molecule has 0 spiro atoms. The minimum atomic E-state index is -0.162. The summed E-state index contributed by atoms with van der Waals surface area (Å²) in [5.41, 5.74) is 5.21. The first-order valence-corrected chi connectivity index (χ1v) is 19.9. The molecule has 7 aliphatic rings. The van der Waals surface area contributed by atoms with Gasteiger partial charge in [-0.25, -0.2) is 4.79 Å². The first kappa shape index (κ1) is 35.0. The number of hydrogen-bond donors (Lipinski definition) is 1. The Balaban J connectivity index is 0.867. The smallest absolute Gasteiger partial charge is 0.317 e. The fourth-order valence-corrected chi connectivity index (χ4v) is 11.6. The summed E-state index contributed by atoms with van der Waals surface area (Å²) in [6, 6.07) is 4.03. The number of aryl methyl sites for hydroxylation is 1. The SMILES string of the molecule is CNC(=O)N1CCc2c(-c3cc(OC)c(CN4CCC(CCN5CCN(C67CC8CC(CC(C8)C6)C7)CC5)CC4)c(OC)c3)cn(C)c(=O)c2C1. The highest BCUT2D eigenvalue weighted by Gasteiger charge is 2.53. The molecule has 1 aromatic heterocycles. The molecule has 4 bridgehead atoms. The molecule has 9 rings (SSSR count). The molecule has 10 heteroatoms. The second kappa shape index (κ2) is 14.4. The van der Waals surface area contributed by atoms with Crippen LogP contribution in [-0.2, 0) is 26.6 Å². The third-order valence-corrected chi connectivity index (χ3v) is 14.0. The number of aromatic nitrogens is 1. The lowest BCUT2D eigenvalue weighted by Crippen LogP contribution is -2.63. The zero-order valence-corrected chi connectivity index (χ0v) is 31.6. The number of nitrogens with one attached hydrogen (secondary N) is 1. The molecule has 10 nitrogen and oxygen atoms in total. The number of piperidine rings is 1. The molecule has 2 amide bonds. The van der Waals surface area contributed by atoms with E-state index in [-0.39, 0.29) is 11.6 Å². The maximum Gasteiger partial charge on any atom is 0.317 e. The van der Waals surface area contributed by atoms with Gasteiger partial charge in [0, 0.05) is 76.2 Å². The number of fused-ring (bicyclic) bond motifs is 1. The lowest BCUT2D eigenvalue weighted by atomic mass is 9.52. The van der Waals surface area contributed by atoms with E-state index in [1.165, 1.54) is 90.5 Å². The van der Waals surface area contributed by atoms with E-state index in [0.717, 1.165) is 77.1 Å². The number of likely N-dealkylation sites (tertiary alicyclic amines) is 1. The van der Waals surface area contributed by atoms with Crippen LogP contribution >= 0.6 is 0 Å². The lowest BCUT2D eigenvalue weighted by molar-refractivity contribution is -0.101. The molecule has 4 aliphatic carbocycles. The van der Waals surface area contributed by atoms with Crippen molar-refractivity contribution in [3.63, 3.8) is 0 Å². The van der Waals surface area contributed by atoms with E-state index in [9.17, 15) is 9.59 Å². The summed E-state index contributed by atoms with van der Waals surface area (Å²) in [5.74, 6) is 5.51. The van der Waals surface area contributed by atoms with Gasteiger partial charge in [-0.2, -0.15) is 0 Å². The number of piperazine rings is 1. The average molecular weight is 701 g/mol. The molecule has 1 aromatic carbocycles. The Hall–Kier alpha value is -3.08. The number of pyridine rings is 1. The van der Waals surface area contributed by atoms with E-state index in [1.54, 1.807) is 37.8 Å². The molecule has 278 valence electrons. The minimum Gasteiger partial charge on any atom is -0.496 e. The number of ether oxygens (including phenoxy) is 2. The predicted molar refractivity (Wildman–Crippen MR) is 200 cm³/mol. The van der Waals surface area contributed by atoms with E-state index in [0.29, 0.717) is 30.6 Å². The van der Waals surface area contributed by atoms with Crippen molar-refractivity contribution in [3.8, 4) is 22.6 Å². The van der Waals surface area contributed by atoms with Gasteiger partial charge >= 0.3 is 6.03 Å². The molecule has 0 atom stereocenters. The number of hydrogen-bond acceptors (Lipinski definition) is 7. The topological polar surface area (TPSA) is 82.5 Å². The maximum absolute atomic E-state index is 13.2. The van der Waals surface area contributed by atoms with Gasteiger partial charge in [-0.05, 0) is 131 Å². The Labute approximate surface area is 304 Å². The molecule has 1 N–H and O–H groups in total. The van der Waals surface area contributed by atoms with Gasteiger partial charge in [0.15, 0.2) is 0 Å². The van der Waals surface area contributed by atoms with Crippen LogP contribution in [0.25, 0.3) is 11.1 Å². The van der Waals surface area contributed by atoms with Gasteiger partial charge in [-0.1, -0.05) is 0 Å². The first-order chi connectivity index (χ1) is 24.7. The lowest BCUT2D eigenvalue weighted by Gasteiger charge is -2.61. The quantitative estimate of drug-likeness (QED) is 0.397. The Kier molecular flexibility index (Phi) is 9.87. The van der Waals surface area contributed by atoms with Gasteiger partial charge in [0.2, 0.25) is 0 Å². The largest absolute Gasteiger partial charge is 0.496 e. The van der Waals surface area contributed by atoms with Gasteiger partial charge in [-0.3, -0.25) is 14.6 Å². The molecule has 0 unspecified atom stereocenters. The average Bonchev–Trinajstić information content (AvgIpc) is 3.15. The molecule has 6 fully saturated rings. The number of benzene rings is 1. The third kappa shape index (κ3) is 6.81. The number of amides is 2. The summed E-state index contributed by atoms with van der Waals surface area (Å²) in [7, 11) is 6.86. The van der Waals surface area contributed by atoms with Crippen molar-refractivity contribution in [2.24, 2.45) is 30.7 Å². The van der Waals surface area contributed by atoms with Crippen LogP contribution in [0.1, 0.15) is 74.5 Å². The summed E-state index contributed by atoms with van der Waals surface area (Å²) in [6.07, 6.45) is 15.4. The number of nitrogens with zero attached hydrogens (tertiary/aromatic N) is 5. The number of carbonyl (C=O) groups is 1. The highest BCUT2D eigenvalue weighted by atomic mass is 16.5. The van der Waals surface area contributed by atoms with E-state index >= 15 is 0 Å². The van der Waals surface area contributed by atoms with Crippen molar-refractivity contribution in [3.05, 3.63) is 45.4 Å². The van der Waals surface area contributed by atoms with Crippen molar-refractivity contribution in [1.82, 2.24) is 29.5 Å². The predicted octanol–water partition coefficient (Wildman–Crippen LogP) is 4.96. The fraction of sp³-hybridized carbons (Fsp3) is 0.707. The van der Waals surface area contributed by atoms with E-state index in [4.69, 9.17) is 9.47 Å². The number of carbonyl (C=O) groups excluding carboxylic acids is 1. The van der Waals surface area contributed by atoms with Crippen molar-refractivity contribution in [2.75, 3.05) is 73.6 Å². The highest BCUT2D eigenvalue weighted by molar-refractivity contribution is 5.76. The molecule has 2 aromatic rings. The van der Waals surface area contributed by atoms with Crippen LogP contribution < -0.4 is 20.3 Å². The Morgan fingerprint density at radius 3 is 2.08 bits per heavy atom. The van der Waals surface area contributed by atoms with Crippen LogP contribution in [0.3, 0.4) is 0 Å². The second-order valence-corrected chi connectivity index (χ2v) is 17.0. The number of methoxy groups -OCH3 is 2. The van der Waals surface area contributed by atoms with Crippen LogP contribution in [0, 0.1) is 23.7 Å². The van der Waals surface area contributed by atoms with Crippen molar-refractivity contribution in [2.45, 2.75) is 82.8 Å². The molecular formula is C41H60N6O4. The Morgan fingerprint density at radius 2 is 1.49 bits per heavy atom. The summed E-state index contributed by atoms with van der Waals surface area (Å²) in [4.78, 5) is 35.5. The molecule has 0 radical (unpaired) electrons. The molecule has 3 aliphatic heterocycles. The molecule has 4 heterocycles. The van der Waals surface area contributed by atoms with E-state index in [1.807, 2.05) is 6.20 Å². The monoisotopic (exact) mass is 700 g/mol. The summed E-state index contributed by atoms with van der Waals surface area (Å²) >= 11 is 0. The maximum atomic E-state index is 13.2. The molecule has 2 saturated heterocycles. The molecule has 4 saturated carbocycles. The van der Waals surface area contributed by atoms with E-state index < -0.39 is 0 Å². The highest BCUT2D eigenvalue weighted by Crippen LogP contribution is 2.58. The molecule has 51 heavy (non-hydrogen) atoms. The van der Waals surface area contributed by atoms with Crippen LogP contribution in [0.4, 0.5) is 4.79 Å². The summed E-state index contributed by atoms with van der Waals surface area (Å²) < 4.78 is 13.6. The zero-order chi connectivity index (χ0) is 35.3. The normalized spacial score (nSPS) is 28.5. The first-order valence-electron chi connectivity index (χ1n) is 19.9. The summed E-state index contributed by atoms with van der Waals surface area (Å²) in [6.45, 7) is 10.2. The standard InChI is InChI=1S/C41H60N6O4/c1-42-40(49)46-12-8-33-34(25-43(2)39(48)35(33)27-46)32-20-37(50-3)36(38(21-32)51-4)26-45-10-6-28(7-11-45)5-9-44-13-15-47(16-14-44)41-22-29-17-30(23-41)19-31(18-29)24-41/h20-21,25,28-31H,5-19,22-24,26-27H2,1-4H3,(H,42,49). The van der Waals surface area contributed by atoms with Gasteiger partial charge < -0.3 is 29.2 Å². The minimum absolute atomic E-state index is 0.0589. The third-order valence-electron chi connectivity index (χ3n) is 14.0. The Morgan fingerprint density at radius 1 is 0.863 bits per heavy atom. The van der Waals surface area contributed by atoms with Crippen molar-refractivity contribution >= 4 is 6.03 Å². The van der Waals surface area contributed by atoms with Gasteiger partial charge in [0.25, 0.3) is 5.56 Å². The van der Waals surface area contributed by atoms with Crippen LogP contribution in [0.5, 0.6) is 11.5 Å². The van der Waals surface area contributed by atoms with Crippen LogP contribution in [0.15, 0.2) is 23.1 Å². The van der Waals surface area contributed by atoms with Crippen LogP contribution in [-0.4, -0.2) is 109 Å². The second-order valence-electron chi connectivity index (χ2n) is 17.0. The van der Waals surface area contributed by atoms with E-state index in [2.05, 4.69) is 32.1 Å². The van der Waals surface area contributed by atoms with Gasteiger partial charge in [0.1, 0.15) is 11.5 Å².